The second-order valence-electron chi connectivity index (χ2n) is 5.46. The molecule has 0 atom stereocenters. The Morgan fingerprint density at radius 2 is 2.16 bits per heavy atom. The van der Waals surface area contributed by atoms with Gasteiger partial charge in [0.1, 0.15) is 0 Å². The molecule has 0 aliphatic rings. The van der Waals surface area contributed by atoms with Crippen molar-refractivity contribution in [2.45, 2.75) is 47.2 Å². The van der Waals surface area contributed by atoms with E-state index in [2.05, 4.69) is 55.5 Å². The minimum absolute atomic E-state index is 0.477. The fourth-order valence-corrected chi connectivity index (χ4v) is 2.01. The van der Waals surface area contributed by atoms with Crippen molar-refractivity contribution in [3.63, 3.8) is 0 Å². The zero-order chi connectivity index (χ0) is 14.4. The van der Waals surface area contributed by atoms with Gasteiger partial charge in [0.05, 0.1) is 0 Å². The van der Waals surface area contributed by atoms with E-state index in [0.717, 1.165) is 25.3 Å². The van der Waals surface area contributed by atoms with Crippen LogP contribution >= 0.6 is 0 Å². The van der Waals surface area contributed by atoms with Gasteiger partial charge in [0.25, 0.3) is 0 Å². The molecule has 0 aliphatic carbocycles. The number of rotatable bonds is 7. The summed E-state index contributed by atoms with van der Waals surface area (Å²) in [6, 6.07) is 2.65. The molecule has 0 saturated heterocycles. The third kappa shape index (κ3) is 5.03. The highest BCUT2D eigenvalue weighted by Crippen LogP contribution is 2.21. The maximum Gasteiger partial charge on any atom is 0.0448 e. The Kier molecular flexibility index (Phi) is 6.03. The van der Waals surface area contributed by atoms with Gasteiger partial charge in [0.15, 0.2) is 0 Å². The van der Waals surface area contributed by atoms with Crippen LogP contribution in [0.5, 0.6) is 0 Å². The summed E-state index contributed by atoms with van der Waals surface area (Å²) in [5.74, 6) is 0. The first-order valence-electron chi connectivity index (χ1n) is 7.02. The van der Waals surface area contributed by atoms with Gasteiger partial charge in [-0.2, -0.15) is 0 Å². The zero-order valence-electron chi connectivity index (χ0n) is 13.0. The first-order valence-corrected chi connectivity index (χ1v) is 7.02. The summed E-state index contributed by atoms with van der Waals surface area (Å²) in [5, 5.41) is 3.46. The minimum atomic E-state index is 0.477. The largest absolute Gasteiger partial charge is 0.367 e. The van der Waals surface area contributed by atoms with Crippen molar-refractivity contribution in [2.24, 2.45) is 0 Å². The molecule has 1 N–H and O–H groups in total. The Labute approximate surface area is 117 Å². The van der Waals surface area contributed by atoms with Crippen LogP contribution in [0.2, 0.25) is 0 Å². The van der Waals surface area contributed by atoms with Crippen LogP contribution < -0.4 is 10.2 Å². The molecule has 3 heteroatoms. The van der Waals surface area contributed by atoms with Crippen LogP contribution in [0.1, 0.15) is 39.0 Å². The van der Waals surface area contributed by atoms with E-state index in [0.29, 0.717) is 6.04 Å². The number of aryl methyl sites for hydroxylation is 1. The maximum atomic E-state index is 4.42. The third-order valence-corrected chi connectivity index (χ3v) is 2.98. The summed E-state index contributed by atoms with van der Waals surface area (Å²) >= 11 is 0. The lowest BCUT2D eigenvalue weighted by Crippen LogP contribution is -2.28. The van der Waals surface area contributed by atoms with Gasteiger partial charge < -0.3 is 10.2 Å². The molecule has 1 heterocycles. The molecule has 0 radical (unpaired) electrons. The second kappa shape index (κ2) is 7.29. The van der Waals surface area contributed by atoms with Crippen molar-refractivity contribution in [1.82, 2.24) is 10.3 Å². The zero-order valence-corrected chi connectivity index (χ0v) is 13.0. The van der Waals surface area contributed by atoms with E-state index in [1.165, 1.54) is 16.8 Å². The van der Waals surface area contributed by atoms with E-state index in [4.69, 9.17) is 0 Å². The molecule has 0 fully saturated rings. The summed E-state index contributed by atoms with van der Waals surface area (Å²) in [4.78, 5) is 6.78. The monoisotopic (exact) mass is 261 g/mol. The van der Waals surface area contributed by atoms with Crippen LogP contribution in [0.15, 0.2) is 24.4 Å². The molecule has 0 saturated carbocycles. The fraction of sp³-hybridized carbons (Fsp3) is 0.562. The van der Waals surface area contributed by atoms with Crippen LogP contribution in [0.25, 0.3) is 0 Å². The van der Waals surface area contributed by atoms with E-state index in [1.54, 1.807) is 0 Å². The highest BCUT2D eigenvalue weighted by molar-refractivity contribution is 5.54. The molecule has 0 bridgehead atoms. The molecular weight excluding hydrogens is 234 g/mol. The maximum absolute atomic E-state index is 4.42. The van der Waals surface area contributed by atoms with Gasteiger partial charge in [-0.3, -0.25) is 4.98 Å². The number of anilines is 1. The number of pyridine rings is 1. The highest BCUT2D eigenvalue weighted by atomic mass is 15.1. The topological polar surface area (TPSA) is 28.2 Å². The number of aromatic nitrogens is 1. The first-order chi connectivity index (χ1) is 8.93. The van der Waals surface area contributed by atoms with E-state index < -0.39 is 0 Å². The van der Waals surface area contributed by atoms with Gasteiger partial charge in [0.2, 0.25) is 0 Å². The Balaban J connectivity index is 3.00. The van der Waals surface area contributed by atoms with Gasteiger partial charge in [0, 0.05) is 48.8 Å². The lowest BCUT2D eigenvalue weighted by Gasteiger charge is -2.26. The Hall–Kier alpha value is -1.35. The predicted octanol–water partition coefficient (Wildman–Crippen LogP) is 3.29. The number of hydrogen-bond donors (Lipinski definition) is 1. The van der Waals surface area contributed by atoms with Crippen molar-refractivity contribution < 1.29 is 0 Å². The van der Waals surface area contributed by atoms with Crippen LogP contribution in [0.4, 0.5) is 5.69 Å². The van der Waals surface area contributed by atoms with Crippen LogP contribution in [-0.2, 0) is 6.54 Å². The second-order valence-corrected chi connectivity index (χ2v) is 5.46. The Bertz CT molecular complexity index is 424. The quantitative estimate of drug-likeness (QED) is 0.763. The summed E-state index contributed by atoms with van der Waals surface area (Å²) in [6.07, 6.45) is 1.99. The van der Waals surface area contributed by atoms with Gasteiger partial charge in [-0.05, 0) is 26.8 Å². The standard InChI is InChI=1S/C16H27N3/c1-7-19(11-12(2)3)16-8-14(6)18-10-15(16)9-17-13(4)5/h8,10,13,17H,2,7,9,11H2,1,3-6H3. The lowest BCUT2D eigenvalue weighted by atomic mass is 10.1. The number of hydrogen-bond acceptors (Lipinski definition) is 3. The molecule has 0 spiro atoms. The molecule has 0 amide bonds. The summed E-state index contributed by atoms with van der Waals surface area (Å²) in [7, 11) is 0. The van der Waals surface area contributed by atoms with Crippen molar-refractivity contribution >= 4 is 5.69 Å². The molecule has 1 aromatic rings. The van der Waals surface area contributed by atoms with Crippen LogP contribution in [0.3, 0.4) is 0 Å². The van der Waals surface area contributed by atoms with E-state index in [-0.39, 0.29) is 0 Å². The smallest absolute Gasteiger partial charge is 0.0448 e. The van der Waals surface area contributed by atoms with E-state index in [9.17, 15) is 0 Å². The normalized spacial score (nSPS) is 10.8. The lowest BCUT2D eigenvalue weighted by molar-refractivity contribution is 0.587. The Morgan fingerprint density at radius 1 is 1.47 bits per heavy atom. The van der Waals surface area contributed by atoms with Crippen LogP contribution in [0, 0.1) is 6.92 Å². The molecule has 106 valence electrons. The third-order valence-electron chi connectivity index (χ3n) is 2.98. The van der Waals surface area contributed by atoms with E-state index in [1.807, 2.05) is 13.1 Å². The fourth-order valence-electron chi connectivity index (χ4n) is 2.01. The van der Waals surface area contributed by atoms with Gasteiger partial charge in [-0.15, -0.1) is 0 Å². The summed E-state index contributed by atoms with van der Waals surface area (Å²) in [6.45, 7) is 17.4. The van der Waals surface area contributed by atoms with Crippen molar-refractivity contribution in [1.29, 1.82) is 0 Å². The molecule has 3 nitrogen and oxygen atoms in total. The van der Waals surface area contributed by atoms with Gasteiger partial charge in [-0.1, -0.05) is 26.0 Å². The van der Waals surface area contributed by atoms with Crippen molar-refractivity contribution in [3.05, 3.63) is 35.7 Å². The average Bonchev–Trinajstić information content (AvgIpc) is 2.34. The average molecular weight is 261 g/mol. The summed E-state index contributed by atoms with van der Waals surface area (Å²) in [5.41, 5.74) is 4.76. The highest BCUT2D eigenvalue weighted by Gasteiger charge is 2.11. The SMILES string of the molecule is C=C(C)CN(CC)c1cc(C)ncc1CNC(C)C. The van der Waals surface area contributed by atoms with Crippen LogP contribution in [-0.4, -0.2) is 24.1 Å². The van der Waals surface area contributed by atoms with Gasteiger partial charge >= 0.3 is 0 Å². The molecular formula is C16H27N3. The number of nitrogens with zero attached hydrogens (tertiary/aromatic N) is 2. The summed E-state index contributed by atoms with van der Waals surface area (Å²) < 4.78 is 0. The molecule has 1 rings (SSSR count). The van der Waals surface area contributed by atoms with Gasteiger partial charge in [-0.25, -0.2) is 0 Å². The van der Waals surface area contributed by atoms with Crippen molar-refractivity contribution in [3.8, 4) is 0 Å². The first kappa shape index (κ1) is 15.7. The number of nitrogens with one attached hydrogen (secondary N) is 1. The molecule has 0 aliphatic heterocycles. The molecule has 1 aromatic heterocycles. The Morgan fingerprint density at radius 3 is 2.68 bits per heavy atom. The molecule has 0 aromatic carbocycles. The molecule has 19 heavy (non-hydrogen) atoms. The predicted molar refractivity (Wildman–Crippen MR) is 83.7 cm³/mol. The number of likely N-dealkylation sites (N-methyl/N-ethyl adjacent to an activating group) is 1. The van der Waals surface area contributed by atoms with Crippen molar-refractivity contribution in [2.75, 3.05) is 18.0 Å². The van der Waals surface area contributed by atoms with E-state index >= 15 is 0 Å². The molecule has 0 unspecified atom stereocenters. The minimum Gasteiger partial charge on any atom is -0.367 e.